The largest absolute Gasteiger partial charge is 0.365 e. The van der Waals surface area contributed by atoms with Gasteiger partial charge in [0.2, 0.25) is 0 Å². The number of carbonyl (C=O) groups is 2. The van der Waals surface area contributed by atoms with Crippen LogP contribution in [0.5, 0.6) is 0 Å². The average molecular weight is 242 g/mol. The highest BCUT2D eigenvalue weighted by Crippen LogP contribution is 2.11. The van der Waals surface area contributed by atoms with Crippen molar-refractivity contribution < 1.29 is 9.59 Å². The highest BCUT2D eigenvalue weighted by molar-refractivity contribution is 6.18. The van der Waals surface area contributed by atoms with Gasteiger partial charge in [-0.05, 0) is 11.6 Å². The molecule has 2 amide bonds. The molecule has 18 heavy (non-hydrogen) atoms. The first kappa shape index (κ1) is 12.1. The fraction of sp³-hybridized carbons (Fsp3) is 0.143. The topological polar surface area (TPSA) is 63.4 Å². The molecule has 0 saturated carbocycles. The van der Waals surface area contributed by atoms with E-state index in [9.17, 15) is 9.59 Å². The molecule has 1 aromatic rings. The van der Waals surface area contributed by atoms with Gasteiger partial charge in [0.05, 0.1) is 0 Å². The van der Waals surface area contributed by atoms with Gasteiger partial charge in [0.1, 0.15) is 5.57 Å². The molecule has 1 aromatic carbocycles. The minimum Gasteiger partial charge on any atom is -0.365 e. The minimum absolute atomic E-state index is 0.0275. The van der Waals surface area contributed by atoms with Gasteiger partial charge in [-0.3, -0.25) is 9.59 Å². The molecule has 1 aliphatic heterocycles. The summed E-state index contributed by atoms with van der Waals surface area (Å²) >= 11 is 0. The highest BCUT2D eigenvalue weighted by Gasteiger charge is 2.22. The van der Waals surface area contributed by atoms with Crippen LogP contribution in [0, 0.1) is 0 Å². The van der Waals surface area contributed by atoms with Gasteiger partial charge in [-0.1, -0.05) is 42.5 Å². The van der Waals surface area contributed by atoms with Crippen molar-refractivity contribution in [2.75, 3.05) is 6.54 Å². The molecule has 4 nitrogen and oxygen atoms in total. The van der Waals surface area contributed by atoms with E-state index in [1.54, 1.807) is 11.0 Å². The Morgan fingerprint density at radius 2 is 2.00 bits per heavy atom. The van der Waals surface area contributed by atoms with Crippen molar-refractivity contribution in [3.05, 3.63) is 59.7 Å². The van der Waals surface area contributed by atoms with Gasteiger partial charge in [0.25, 0.3) is 11.8 Å². The molecule has 0 bridgehead atoms. The molecule has 0 aromatic heterocycles. The first-order valence-corrected chi connectivity index (χ1v) is 5.68. The number of rotatable bonds is 3. The number of hydrogen-bond acceptors (Lipinski definition) is 2. The molecule has 92 valence electrons. The van der Waals surface area contributed by atoms with Gasteiger partial charge >= 0.3 is 0 Å². The van der Waals surface area contributed by atoms with Crippen molar-refractivity contribution in [3.63, 3.8) is 0 Å². The predicted molar refractivity (Wildman–Crippen MR) is 68.3 cm³/mol. The van der Waals surface area contributed by atoms with Gasteiger partial charge in [0, 0.05) is 13.1 Å². The predicted octanol–water partition coefficient (Wildman–Crippen LogP) is 0.997. The molecule has 0 radical (unpaired) electrons. The van der Waals surface area contributed by atoms with Crippen LogP contribution >= 0.6 is 0 Å². The molecule has 0 fully saturated rings. The number of allylic oxidation sites excluding steroid dienone is 2. The second-order valence-electron chi connectivity index (χ2n) is 4.04. The molecule has 0 saturated heterocycles. The summed E-state index contributed by atoms with van der Waals surface area (Å²) in [6, 6.07) is 9.63. The molecule has 2 N–H and O–H groups in total. The lowest BCUT2D eigenvalue weighted by molar-refractivity contribution is -0.129. The van der Waals surface area contributed by atoms with Crippen LogP contribution < -0.4 is 5.73 Å². The Balaban J connectivity index is 2.19. The molecule has 0 spiro atoms. The van der Waals surface area contributed by atoms with Crippen LogP contribution in [-0.4, -0.2) is 23.3 Å². The van der Waals surface area contributed by atoms with Crippen LogP contribution in [0.4, 0.5) is 0 Å². The van der Waals surface area contributed by atoms with Crippen LogP contribution in [0.2, 0.25) is 0 Å². The Labute approximate surface area is 105 Å². The molecule has 4 heteroatoms. The Hall–Kier alpha value is -2.36. The van der Waals surface area contributed by atoms with E-state index in [0.717, 1.165) is 5.56 Å². The van der Waals surface area contributed by atoms with E-state index in [4.69, 9.17) is 5.73 Å². The maximum Gasteiger partial charge on any atom is 0.260 e. The molecule has 0 aliphatic carbocycles. The summed E-state index contributed by atoms with van der Waals surface area (Å²) in [5, 5.41) is 0. The van der Waals surface area contributed by atoms with E-state index in [-0.39, 0.29) is 11.5 Å². The summed E-state index contributed by atoms with van der Waals surface area (Å²) in [6.07, 6.45) is 4.98. The third kappa shape index (κ3) is 2.66. The van der Waals surface area contributed by atoms with Crippen molar-refractivity contribution in [1.29, 1.82) is 0 Å². The maximum absolute atomic E-state index is 12.1. The van der Waals surface area contributed by atoms with E-state index < -0.39 is 5.91 Å². The monoisotopic (exact) mass is 242 g/mol. The second-order valence-corrected chi connectivity index (χ2v) is 4.04. The third-order valence-electron chi connectivity index (χ3n) is 2.72. The van der Waals surface area contributed by atoms with Crippen LogP contribution in [0.15, 0.2) is 54.1 Å². The number of amides is 2. The Morgan fingerprint density at radius 1 is 1.28 bits per heavy atom. The zero-order valence-corrected chi connectivity index (χ0v) is 9.87. The third-order valence-corrected chi connectivity index (χ3v) is 2.72. The number of carbonyl (C=O) groups excluding carboxylic acids is 2. The quantitative estimate of drug-likeness (QED) is 0.803. The Kier molecular flexibility index (Phi) is 3.57. The minimum atomic E-state index is -0.690. The van der Waals surface area contributed by atoms with E-state index in [0.29, 0.717) is 13.1 Å². The summed E-state index contributed by atoms with van der Waals surface area (Å²) < 4.78 is 0. The van der Waals surface area contributed by atoms with E-state index in [1.807, 2.05) is 36.4 Å². The standard InChI is InChI=1S/C14H14N2O2/c15-13(17)12-8-4-5-9-16(14(12)18)10-11-6-2-1-3-7-11/h1-8H,9-10H2,(H2,15,17). The average Bonchev–Trinajstić information content (AvgIpc) is 2.54. The van der Waals surface area contributed by atoms with Crippen LogP contribution in [0.25, 0.3) is 0 Å². The van der Waals surface area contributed by atoms with Gasteiger partial charge < -0.3 is 10.6 Å². The number of nitrogens with two attached hydrogens (primary N) is 1. The van der Waals surface area contributed by atoms with Gasteiger partial charge in [-0.2, -0.15) is 0 Å². The van der Waals surface area contributed by atoms with Crippen LogP contribution in [-0.2, 0) is 16.1 Å². The van der Waals surface area contributed by atoms with Crippen molar-refractivity contribution >= 4 is 11.8 Å². The fourth-order valence-electron chi connectivity index (χ4n) is 1.80. The summed E-state index contributed by atoms with van der Waals surface area (Å²) in [5.41, 5.74) is 6.24. The molecule has 0 unspecified atom stereocenters. The van der Waals surface area contributed by atoms with Crippen molar-refractivity contribution in [1.82, 2.24) is 4.90 Å². The molecule has 1 heterocycles. The van der Waals surface area contributed by atoms with E-state index in [1.165, 1.54) is 6.08 Å². The Bertz CT molecular complexity index is 518. The molecular weight excluding hydrogens is 228 g/mol. The number of benzene rings is 1. The fourth-order valence-corrected chi connectivity index (χ4v) is 1.80. The smallest absolute Gasteiger partial charge is 0.260 e. The summed E-state index contributed by atoms with van der Waals surface area (Å²) in [5.74, 6) is -1.01. The van der Waals surface area contributed by atoms with Gasteiger partial charge in [-0.25, -0.2) is 0 Å². The van der Waals surface area contributed by atoms with Crippen LogP contribution in [0.3, 0.4) is 0 Å². The van der Waals surface area contributed by atoms with Crippen molar-refractivity contribution in [3.8, 4) is 0 Å². The first-order valence-electron chi connectivity index (χ1n) is 5.68. The molecule has 0 atom stereocenters. The lowest BCUT2D eigenvalue weighted by Gasteiger charge is -2.20. The summed E-state index contributed by atoms with van der Waals surface area (Å²) in [4.78, 5) is 24.9. The van der Waals surface area contributed by atoms with Gasteiger partial charge in [0.15, 0.2) is 0 Å². The summed E-state index contributed by atoms with van der Waals surface area (Å²) in [7, 11) is 0. The second kappa shape index (κ2) is 5.31. The lowest BCUT2D eigenvalue weighted by atomic mass is 10.1. The van der Waals surface area contributed by atoms with Crippen molar-refractivity contribution in [2.45, 2.75) is 6.54 Å². The normalized spacial score (nSPS) is 15.2. The number of nitrogens with zero attached hydrogens (tertiary/aromatic N) is 1. The number of primary amides is 1. The molecular formula is C14H14N2O2. The highest BCUT2D eigenvalue weighted by atomic mass is 16.2. The number of hydrogen-bond donors (Lipinski definition) is 1. The SMILES string of the molecule is NC(=O)C1=CC=CCN(Cc2ccccc2)C1=O. The van der Waals surface area contributed by atoms with Gasteiger partial charge in [-0.15, -0.1) is 0 Å². The molecule has 1 aliphatic rings. The van der Waals surface area contributed by atoms with Crippen LogP contribution in [0.1, 0.15) is 5.56 Å². The van der Waals surface area contributed by atoms with E-state index >= 15 is 0 Å². The van der Waals surface area contributed by atoms with E-state index in [2.05, 4.69) is 0 Å². The first-order chi connectivity index (χ1) is 8.68. The van der Waals surface area contributed by atoms with Crippen molar-refractivity contribution in [2.24, 2.45) is 5.73 Å². The zero-order valence-electron chi connectivity index (χ0n) is 9.87. The summed E-state index contributed by atoms with van der Waals surface area (Å²) in [6.45, 7) is 0.940. The molecule has 2 rings (SSSR count). The Morgan fingerprint density at radius 3 is 2.67 bits per heavy atom. The zero-order chi connectivity index (χ0) is 13.0. The maximum atomic E-state index is 12.1. The lowest BCUT2D eigenvalue weighted by Crippen LogP contribution is -2.35.